The molecular weight excluding hydrogens is 737 g/mol. The van der Waals surface area contributed by atoms with Gasteiger partial charge in [-0.25, -0.2) is 14.0 Å². The average molecular weight is 790 g/mol. The number of aromatic hydroxyl groups is 1. The monoisotopic (exact) mass is 789 g/mol. The molecule has 3 fully saturated rings. The lowest BCUT2D eigenvalue weighted by molar-refractivity contribution is -0.139. The molecule has 12 N–H and O–H groups in total. The first-order chi connectivity index (χ1) is 25.3. The van der Waals surface area contributed by atoms with E-state index in [-0.39, 0.29) is 65.7 Å². The number of aryl methyl sites for hydroxylation is 1. The number of unbranched alkanes of at least 4 members (excludes halogenated alkanes) is 4. The molecule has 3 saturated heterocycles. The SMILES string of the molecule is Nc1nc(O)c2c(CCCCC(NCCCCCCNC(CCC[C@@H]3SC[C@@H]4NC(=O)N[C@@H]43)C(=O)O)OP(=O)(O)O)nn([C@@H]3C[C@H](O)[C@@H](CO)O3)c2n1. The van der Waals surface area contributed by atoms with Crippen LogP contribution in [0.5, 0.6) is 5.88 Å². The van der Waals surface area contributed by atoms with E-state index in [4.69, 9.17) is 15.0 Å². The number of thioether (sulfide) groups is 1. The van der Waals surface area contributed by atoms with E-state index in [1.165, 1.54) is 4.68 Å². The first-order valence-corrected chi connectivity index (χ1v) is 20.7. The number of ether oxygens (including phenoxy) is 1. The molecule has 2 amide bonds. The van der Waals surface area contributed by atoms with Crippen molar-refractivity contribution in [3.8, 4) is 5.88 Å². The molecule has 22 heteroatoms. The van der Waals surface area contributed by atoms with Crippen LogP contribution in [0.3, 0.4) is 0 Å². The highest BCUT2D eigenvalue weighted by atomic mass is 32.2. The normalized spacial score (nSPS) is 25.4. The molecular formula is C31H52N9O11PS. The Morgan fingerprint density at radius 1 is 1.09 bits per heavy atom. The topological polar surface area (TPSA) is 309 Å². The third-order valence-corrected chi connectivity index (χ3v) is 11.8. The Hall–Kier alpha value is -2.85. The number of nitrogens with zero attached hydrogens (tertiary/aromatic N) is 4. The number of fused-ring (bicyclic) bond motifs is 2. The van der Waals surface area contributed by atoms with Crippen LogP contribution in [0, 0.1) is 0 Å². The molecule has 298 valence electrons. The minimum atomic E-state index is -4.77. The van der Waals surface area contributed by atoms with Gasteiger partial charge in [-0.05, 0) is 64.5 Å². The Balaban J connectivity index is 0.997. The number of aliphatic carboxylic acids is 1. The number of urea groups is 1. The van der Waals surface area contributed by atoms with Crippen molar-refractivity contribution in [1.82, 2.24) is 41.0 Å². The number of nitrogen functional groups attached to an aromatic ring is 1. The van der Waals surface area contributed by atoms with Crippen molar-refractivity contribution in [2.75, 3.05) is 31.2 Å². The fourth-order valence-electron chi connectivity index (χ4n) is 7.11. The van der Waals surface area contributed by atoms with E-state index in [1.807, 2.05) is 11.8 Å². The molecule has 0 aliphatic carbocycles. The number of rotatable bonds is 23. The Morgan fingerprint density at radius 3 is 2.55 bits per heavy atom. The van der Waals surface area contributed by atoms with Gasteiger partial charge in [-0.2, -0.15) is 26.8 Å². The maximum absolute atomic E-state index is 11.8. The van der Waals surface area contributed by atoms with E-state index in [0.29, 0.717) is 44.5 Å². The molecule has 2 aromatic heterocycles. The first-order valence-electron chi connectivity index (χ1n) is 18.1. The summed E-state index contributed by atoms with van der Waals surface area (Å²) in [6, 6.07) is -0.520. The molecule has 0 bridgehead atoms. The quantitative estimate of drug-likeness (QED) is 0.0315. The van der Waals surface area contributed by atoms with Crippen LogP contribution < -0.4 is 27.0 Å². The van der Waals surface area contributed by atoms with Crippen molar-refractivity contribution in [2.45, 2.75) is 125 Å². The summed E-state index contributed by atoms with van der Waals surface area (Å²) in [5.74, 6) is -0.548. The predicted molar refractivity (Wildman–Crippen MR) is 193 cm³/mol. The van der Waals surface area contributed by atoms with E-state index in [1.54, 1.807) is 0 Å². The summed E-state index contributed by atoms with van der Waals surface area (Å²) >= 11 is 1.81. The summed E-state index contributed by atoms with van der Waals surface area (Å²) in [4.78, 5) is 50.4. The number of aromatic nitrogens is 4. The number of aliphatic hydroxyl groups excluding tert-OH is 2. The number of phosphoric acid groups is 1. The van der Waals surface area contributed by atoms with Gasteiger partial charge < -0.3 is 56.6 Å². The highest BCUT2D eigenvalue weighted by Gasteiger charge is 2.42. The van der Waals surface area contributed by atoms with Gasteiger partial charge in [0.15, 0.2) is 11.9 Å². The van der Waals surface area contributed by atoms with Gasteiger partial charge in [0.2, 0.25) is 11.8 Å². The highest BCUT2D eigenvalue weighted by Crippen LogP contribution is 2.38. The fraction of sp³-hybridized carbons (Fsp3) is 0.774. The van der Waals surface area contributed by atoms with Crippen molar-refractivity contribution in [1.29, 1.82) is 0 Å². The molecule has 5 heterocycles. The summed E-state index contributed by atoms with van der Waals surface area (Å²) < 4.78 is 23.8. The number of nitrogens with one attached hydrogen (secondary N) is 4. The molecule has 2 unspecified atom stereocenters. The number of hydrogen-bond acceptors (Lipinski definition) is 15. The lowest BCUT2D eigenvalue weighted by Gasteiger charge is -2.20. The Kier molecular flexibility index (Phi) is 14.9. The second-order valence-electron chi connectivity index (χ2n) is 13.7. The van der Waals surface area contributed by atoms with Gasteiger partial charge in [-0.1, -0.05) is 19.3 Å². The third kappa shape index (κ3) is 11.6. The number of hydrogen-bond donors (Lipinski definition) is 11. The summed E-state index contributed by atoms with van der Waals surface area (Å²) in [6.07, 6.45) is 3.65. The van der Waals surface area contributed by atoms with Crippen LogP contribution >= 0.6 is 19.6 Å². The van der Waals surface area contributed by atoms with E-state index in [9.17, 15) is 44.4 Å². The summed E-state index contributed by atoms with van der Waals surface area (Å²) in [5.41, 5.74) is 6.43. The highest BCUT2D eigenvalue weighted by molar-refractivity contribution is 8.00. The summed E-state index contributed by atoms with van der Waals surface area (Å²) in [7, 11) is -4.77. The minimum absolute atomic E-state index is 0.102. The van der Waals surface area contributed by atoms with E-state index >= 15 is 0 Å². The van der Waals surface area contributed by atoms with Crippen molar-refractivity contribution in [2.24, 2.45) is 0 Å². The number of anilines is 1. The molecule has 5 rings (SSSR count). The van der Waals surface area contributed by atoms with Gasteiger partial charge in [-0.3, -0.25) is 14.6 Å². The molecule has 53 heavy (non-hydrogen) atoms. The lowest BCUT2D eigenvalue weighted by atomic mass is 10.0. The Labute approximate surface area is 310 Å². The minimum Gasteiger partial charge on any atom is -0.493 e. The largest absolute Gasteiger partial charge is 0.493 e. The molecule has 20 nitrogen and oxygen atoms in total. The lowest BCUT2D eigenvalue weighted by Crippen LogP contribution is -2.38. The van der Waals surface area contributed by atoms with Crippen LogP contribution in [0.2, 0.25) is 0 Å². The zero-order valence-electron chi connectivity index (χ0n) is 29.4. The van der Waals surface area contributed by atoms with E-state index in [0.717, 1.165) is 44.3 Å². The van der Waals surface area contributed by atoms with Gasteiger partial charge >= 0.3 is 19.8 Å². The van der Waals surface area contributed by atoms with E-state index in [2.05, 4.69) is 36.3 Å². The van der Waals surface area contributed by atoms with Gasteiger partial charge in [-0.15, -0.1) is 0 Å². The molecule has 2 aromatic rings. The van der Waals surface area contributed by atoms with Crippen molar-refractivity contribution in [3.63, 3.8) is 0 Å². The van der Waals surface area contributed by atoms with Gasteiger partial charge in [0.1, 0.15) is 23.8 Å². The molecule has 0 saturated carbocycles. The average Bonchev–Trinajstić information content (AvgIpc) is 3.84. The molecule has 3 aliphatic rings. The maximum Gasteiger partial charge on any atom is 0.471 e. The summed E-state index contributed by atoms with van der Waals surface area (Å²) in [5, 5.41) is 57.1. The second kappa shape index (κ2) is 19.1. The number of phosphoric ester groups is 1. The second-order valence-corrected chi connectivity index (χ2v) is 16.2. The summed E-state index contributed by atoms with van der Waals surface area (Å²) in [6.45, 7) is 0.632. The number of carbonyl (C=O) groups is 2. The molecule has 8 atom stereocenters. The number of carboxylic acids is 1. The molecule has 0 aromatic carbocycles. The predicted octanol–water partition coefficient (Wildman–Crippen LogP) is 0.432. The number of aliphatic hydroxyl groups is 2. The zero-order valence-corrected chi connectivity index (χ0v) is 31.1. The third-order valence-electron chi connectivity index (χ3n) is 9.76. The van der Waals surface area contributed by atoms with Crippen LogP contribution in [-0.2, 0) is 25.0 Å². The van der Waals surface area contributed by atoms with Crippen LogP contribution in [0.1, 0.15) is 82.6 Å². The number of nitrogens with two attached hydrogens (primary N) is 1. The smallest absolute Gasteiger partial charge is 0.471 e. The van der Waals surface area contributed by atoms with Crippen molar-refractivity contribution in [3.05, 3.63) is 5.69 Å². The number of carboxylic acid groups (broad SMARTS) is 1. The molecule has 0 radical (unpaired) electrons. The maximum atomic E-state index is 11.8. The number of amides is 2. The zero-order chi connectivity index (χ0) is 38.1. The fourth-order valence-corrected chi connectivity index (χ4v) is 9.17. The van der Waals surface area contributed by atoms with Crippen LogP contribution in [0.25, 0.3) is 11.0 Å². The first kappa shape index (κ1) is 41.3. The van der Waals surface area contributed by atoms with Gasteiger partial charge in [0, 0.05) is 17.4 Å². The van der Waals surface area contributed by atoms with Crippen LogP contribution in [0.4, 0.5) is 10.7 Å². The van der Waals surface area contributed by atoms with Crippen LogP contribution in [-0.4, -0.2) is 129 Å². The van der Waals surface area contributed by atoms with Gasteiger partial charge in [0.25, 0.3) is 0 Å². The van der Waals surface area contributed by atoms with Crippen LogP contribution in [0.15, 0.2) is 0 Å². The van der Waals surface area contributed by atoms with Gasteiger partial charge in [0.05, 0.1) is 30.5 Å². The molecule has 0 spiro atoms. The Bertz CT molecular complexity index is 1590. The number of carbonyl (C=O) groups excluding carboxylic acids is 1. The Morgan fingerprint density at radius 2 is 1.85 bits per heavy atom. The van der Waals surface area contributed by atoms with Crippen molar-refractivity contribution >= 4 is 48.6 Å². The standard InChI is InChI=1S/C31H52N9O11PS/c32-30-37-27-25(28(43)38-30)17(39-40(27)24-14-20(42)21(15-41)50-24)8-3-4-11-23(51-52(47,48)49)34-13-6-2-1-5-12-33-18(29(44)45)9-7-10-22-26-19(16-53-22)35-31(46)36-26/h18-24,26,33-34,41-42H,1-16H2,(H,44,45)(H2,35,36,46)(H2,47,48,49)(H3,32,37,38,43)/t18?,19-,20-,21+,22-,23?,24-,26-/m0/s1. The molecule has 3 aliphatic heterocycles. The van der Waals surface area contributed by atoms with Crippen molar-refractivity contribution < 1.29 is 53.6 Å². The van der Waals surface area contributed by atoms with E-state index < -0.39 is 44.5 Å².